The summed E-state index contributed by atoms with van der Waals surface area (Å²) in [5.74, 6) is 0.0757. The van der Waals surface area contributed by atoms with Crippen LogP contribution in [-0.2, 0) is 11.2 Å². The predicted molar refractivity (Wildman–Crippen MR) is 70.5 cm³/mol. The quantitative estimate of drug-likeness (QED) is 0.818. The van der Waals surface area contributed by atoms with Gasteiger partial charge in [0.25, 0.3) is 6.01 Å². The standard InChI is InChI=1S/C12H10ClF2N3OS/c13-8-4-2-1-3-7(8)10-5-9(15)11-16-12(17-18(10)11)20(19)6-14/h1-4,9-10H,5-6H2/t9-,10-,20+/m0/s1. The van der Waals surface area contributed by atoms with E-state index >= 15 is 0 Å². The summed E-state index contributed by atoms with van der Waals surface area (Å²) in [6, 6.07) is 5.56. The van der Waals surface area contributed by atoms with Crippen LogP contribution in [0.3, 0.4) is 0 Å². The molecule has 0 amide bonds. The number of aromatic nitrogens is 3. The van der Waals surface area contributed by atoms with Crippen molar-refractivity contribution in [2.45, 2.75) is 23.8 Å². The van der Waals surface area contributed by atoms with Crippen molar-refractivity contribution in [3.63, 3.8) is 0 Å². The molecular weight excluding hydrogens is 308 g/mol. The van der Waals surface area contributed by atoms with Gasteiger partial charge in [-0.1, -0.05) is 29.8 Å². The molecule has 0 fully saturated rings. The highest BCUT2D eigenvalue weighted by Crippen LogP contribution is 2.41. The van der Waals surface area contributed by atoms with Crippen LogP contribution in [0.1, 0.15) is 30.0 Å². The van der Waals surface area contributed by atoms with Crippen LogP contribution >= 0.6 is 11.6 Å². The minimum atomic E-state index is -1.95. The molecule has 0 N–H and O–H groups in total. The van der Waals surface area contributed by atoms with E-state index in [9.17, 15) is 13.3 Å². The van der Waals surface area contributed by atoms with Crippen LogP contribution in [0.2, 0.25) is 5.02 Å². The molecule has 8 heteroatoms. The molecule has 106 valence electrons. The minimum Gasteiger partial charge on any atom is -0.607 e. The fourth-order valence-electron chi connectivity index (χ4n) is 2.31. The zero-order chi connectivity index (χ0) is 14.3. The maximum Gasteiger partial charge on any atom is 0.364 e. The summed E-state index contributed by atoms with van der Waals surface area (Å²) < 4.78 is 39.2. The van der Waals surface area contributed by atoms with E-state index in [2.05, 4.69) is 10.1 Å². The lowest BCUT2D eigenvalue weighted by Gasteiger charge is -2.13. The summed E-state index contributed by atoms with van der Waals surface area (Å²) in [6.45, 7) is 0. The average Bonchev–Trinajstić information content (AvgIpc) is 3.00. The normalized spacial score (nSPS) is 22.8. The highest BCUT2D eigenvalue weighted by molar-refractivity contribution is 7.91. The smallest absolute Gasteiger partial charge is 0.364 e. The van der Waals surface area contributed by atoms with Gasteiger partial charge in [0.1, 0.15) is 0 Å². The zero-order valence-electron chi connectivity index (χ0n) is 10.2. The van der Waals surface area contributed by atoms with E-state index < -0.39 is 29.4 Å². The number of rotatable bonds is 3. The summed E-state index contributed by atoms with van der Waals surface area (Å²) in [5.41, 5.74) is 0.720. The summed E-state index contributed by atoms with van der Waals surface area (Å²) in [6.07, 6.45) is -1.16. The Balaban J connectivity index is 2.03. The van der Waals surface area contributed by atoms with Crippen molar-refractivity contribution in [1.82, 2.24) is 14.8 Å². The lowest BCUT2D eigenvalue weighted by atomic mass is 10.0. The van der Waals surface area contributed by atoms with Gasteiger partial charge in [0.15, 0.2) is 12.0 Å². The molecule has 1 aliphatic heterocycles. The molecule has 3 rings (SSSR count). The van der Waals surface area contributed by atoms with Gasteiger partial charge in [-0.2, -0.15) is 9.37 Å². The number of hydrogen-bond donors (Lipinski definition) is 0. The molecule has 0 unspecified atom stereocenters. The predicted octanol–water partition coefficient (Wildman–Crippen LogP) is 2.97. The SMILES string of the molecule is [O-][S@+](CF)c1nc2n(n1)[C@H](c1ccccc1Cl)C[C@@H]2F. The van der Waals surface area contributed by atoms with Crippen LogP contribution in [0.5, 0.6) is 0 Å². The number of hydrogen-bond acceptors (Lipinski definition) is 3. The Morgan fingerprint density at radius 1 is 1.45 bits per heavy atom. The lowest BCUT2D eigenvalue weighted by Crippen LogP contribution is -2.11. The summed E-state index contributed by atoms with van der Waals surface area (Å²) >= 11 is 4.16. The Bertz CT molecular complexity index is 639. The van der Waals surface area contributed by atoms with Gasteiger partial charge in [0, 0.05) is 11.4 Å². The Morgan fingerprint density at radius 2 is 2.20 bits per heavy atom. The number of benzene rings is 1. The van der Waals surface area contributed by atoms with Gasteiger partial charge < -0.3 is 4.55 Å². The topological polar surface area (TPSA) is 53.8 Å². The molecule has 0 saturated heterocycles. The summed E-state index contributed by atoms with van der Waals surface area (Å²) in [4.78, 5) is 3.84. The highest BCUT2D eigenvalue weighted by Gasteiger charge is 2.38. The van der Waals surface area contributed by atoms with E-state index in [0.717, 1.165) is 5.56 Å². The molecule has 2 heterocycles. The van der Waals surface area contributed by atoms with Gasteiger partial charge in [-0.25, -0.2) is 9.07 Å². The van der Waals surface area contributed by atoms with Crippen LogP contribution in [0, 0.1) is 0 Å². The van der Waals surface area contributed by atoms with E-state index in [1.807, 2.05) is 0 Å². The Labute approximate surface area is 121 Å². The van der Waals surface area contributed by atoms with E-state index in [1.54, 1.807) is 24.3 Å². The molecule has 4 nitrogen and oxygen atoms in total. The fourth-order valence-corrected chi connectivity index (χ4v) is 3.04. The second kappa shape index (κ2) is 5.31. The third-order valence-corrected chi connectivity index (χ3v) is 4.33. The first-order valence-corrected chi connectivity index (χ1v) is 7.60. The molecule has 1 aromatic heterocycles. The number of halogens is 3. The van der Waals surface area contributed by atoms with Gasteiger partial charge in [-0.15, -0.1) is 5.10 Å². The molecule has 0 aliphatic carbocycles. The lowest BCUT2D eigenvalue weighted by molar-refractivity contribution is 0.326. The van der Waals surface area contributed by atoms with E-state index in [0.29, 0.717) is 5.02 Å². The second-order valence-electron chi connectivity index (χ2n) is 4.39. The fraction of sp³-hybridized carbons (Fsp3) is 0.333. The van der Waals surface area contributed by atoms with Crippen LogP contribution in [-0.4, -0.2) is 25.3 Å². The summed E-state index contributed by atoms with van der Waals surface area (Å²) in [7, 11) is 0. The molecule has 2 aromatic rings. The van der Waals surface area contributed by atoms with Gasteiger partial charge in [0.05, 0.1) is 17.2 Å². The maximum absolute atomic E-state index is 14.0. The largest absolute Gasteiger partial charge is 0.607 e. The van der Waals surface area contributed by atoms with E-state index in [-0.39, 0.29) is 17.4 Å². The third kappa shape index (κ3) is 2.19. The monoisotopic (exact) mass is 317 g/mol. The summed E-state index contributed by atoms with van der Waals surface area (Å²) in [5, 5.41) is 4.30. The highest BCUT2D eigenvalue weighted by atomic mass is 35.5. The van der Waals surface area contributed by atoms with Gasteiger partial charge in [0.2, 0.25) is 0 Å². The molecule has 0 bridgehead atoms. The van der Waals surface area contributed by atoms with Crippen molar-refractivity contribution >= 4 is 22.8 Å². The van der Waals surface area contributed by atoms with E-state index in [4.69, 9.17) is 11.6 Å². The molecule has 0 radical (unpaired) electrons. The number of alkyl halides is 2. The Morgan fingerprint density at radius 3 is 2.90 bits per heavy atom. The van der Waals surface area contributed by atoms with Crippen LogP contribution < -0.4 is 0 Å². The minimum absolute atomic E-state index is 0.0757. The molecular formula is C12H10ClF2N3OS. The first kappa shape index (κ1) is 13.8. The molecule has 1 aromatic carbocycles. The van der Waals surface area contributed by atoms with Crippen molar-refractivity contribution in [3.8, 4) is 0 Å². The average molecular weight is 318 g/mol. The zero-order valence-corrected chi connectivity index (χ0v) is 11.7. The van der Waals surface area contributed by atoms with Crippen LogP contribution in [0.15, 0.2) is 29.4 Å². The molecule has 1 aliphatic rings. The van der Waals surface area contributed by atoms with Crippen molar-refractivity contribution in [2.24, 2.45) is 0 Å². The van der Waals surface area contributed by atoms with Crippen molar-refractivity contribution in [1.29, 1.82) is 0 Å². The number of nitrogens with zero attached hydrogens (tertiary/aromatic N) is 3. The van der Waals surface area contributed by atoms with Crippen LogP contribution in [0.4, 0.5) is 8.78 Å². The number of fused-ring (bicyclic) bond motifs is 1. The van der Waals surface area contributed by atoms with Gasteiger partial charge in [-0.05, 0) is 11.6 Å². The maximum atomic E-state index is 14.0. The molecule has 20 heavy (non-hydrogen) atoms. The Hall–Kier alpha value is -1.18. The van der Waals surface area contributed by atoms with Gasteiger partial charge >= 0.3 is 5.16 Å². The molecule has 0 spiro atoms. The molecule has 0 saturated carbocycles. The van der Waals surface area contributed by atoms with Crippen LogP contribution in [0.25, 0.3) is 0 Å². The molecule has 3 atom stereocenters. The first-order valence-electron chi connectivity index (χ1n) is 5.91. The van der Waals surface area contributed by atoms with Gasteiger partial charge in [-0.3, -0.25) is 0 Å². The second-order valence-corrected chi connectivity index (χ2v) is 6.07. The van der Waals surface area contributed by atoms with Crippen molar-refractivity contribution in [3.05, 3.63) is 40.7 Å². The van der Waals surface area contributed by atoms with Crippen molar-refractivity contribution in [2.75, 3.05) is 6.01 Å². The third-order valence-electron chi connectivity index (χ3n) is 3.21. The van der Waals surface area contributed by atoms with E-state index in [1.165, 1.54) is 4.68 Å². The van der Waals surface area contributed by atoms with Crippen molar-refractivity contribution < 1.29 is 13.3 Å². The first-order chi connectivity index (χ1) is 9.61. The Kier molecular flexibility index (Phi) is 3.66.